The third kappa shape index (κ3) is 3.07. The predicted octanol–water partition coefficient (Wildman–Crippen LogP) is 1.64. The highest BCUT2D eigenvalue weighted by molar-refractivity contribution is 5.29. The van der Waals surface area contributed by atoms with Gasteiger partial charge in [0, 0.05) is 38.5 Å². The van der Waals surface area contributed by atoms with Crippen LogP contribution in [-0.4, -0.2) is 16.2 Å². The monoisotopic (exact) mass is 249 g/mol. The molecule has 96 valence electrons. The molecule has 0 aliphatic rings. The van der Waals surface area contributed by atoms with Gasteiger partial charge in [-0.25, -0.2) is 9.37 Å². The Morgan fingerprint density at radius 1 is 1.39 bits per heavy atom. The number of halogens is 1. The lowest BCUT2D eigenvalue weighted by Crippen LogP contribution is -2.07. The van der Waals surface area contributed by atoms with Gasteiger partial charge in [-0.2, -0.15) is 0 Å². The summed E-state index contributed by atoms with van der Waals surface area (Å²) in [5.41, 5.74) is 6.20. The van der Waals surface area contributed by atoms with E-state index in [0.29, 0.717) is 25.3 Å². The smallest absolute Gasteiger partial charge is 0.127 e. The van der Waals surface area contributed by atoms with Gasteiger partial charge < -0.3 is 15.0 Å². The molecule has 0 fully saturated rings. The van der Waals surface area contributed by atoms with Crippen LogP contribution in [0.5, 0.6) is 5.75 Å². The summed E-state index contributed by atoms with van der Waals surface area (Å²) in [6.07, 6.45) is 4.30. The number of nitrogens with zero attached hydrogens (tertiary/aromatic N) is 2. The van der Waals surface area contributed by atoms with Crippen molar-refractivity contribution < 1.29 is 9.13 Å². The maximum Gasteiger partial charge on any atom is 0.127 e. The van der Waals surface area contributed by atoms with Crippen LogP contribution in [0.4, 0.5) is 4.39 Å². The molecule has 2 aromatic rings. The van der Waals surface area contributed by atoms with Crippen LogP contribution < -0.4 is 10.5 Å². The van der Waals surface area contributed by atoms with Crippen molar-refractivity contribution in [3.05, 3.63) is 47.8 Å². The number of hydrogen-bond acceptors (Lipinski definition) is 3. The molecule has 0 amide bonds. The SMILES string of the molecule is Cn1ccnc1CCOc1cc(F)cc(CN)c1. The number of aromatic nitrogens is 2. The van der Waals surface area contributed by atoms with Crippen molar-refractivity contribution in [1.82, 2.24) is 9.55 Å². The molecular formula is C13H16FN3O. The quantitative estimate of drug-likeness (QED) is 0.876. The number of rotatable bonds is 5. The molecule has 1 aromatic heterocycles. The Balaban J connectivity index is 1.94. The number of nitrogens with two attached hydrogens (primary N) is 1. The second kappa shape index (κ2) is 5.64. The lowest BCUT2D eigenvalue weighted by atomic mass is 10.2. The van der Waals surface area contributed by atoms with Gasteiger partial charge in [0.15, 0.2) is 0 Å². The molecular weight excluding hydrogens is 233 g/mol. The largest absolute Gasteiger partial charge is 0.493 e. The molecule has 0 atom stereocenters. The fraction of sp³-hybridized carbons (Fsp3) is 0.308. The Bertz CT molecular complexity index is 525. The summed E-state index contributed by atoms with van der Waals surface area (Å²) >= 11 is 0. The van der Waals surface area contributed by atoms with Gasteiger partial charge in [-0.1, -0.05) is 0 Å². The van der Waals surface area contributed by atoms with E-state index >= 15 is 0 Å². The number of hydrogen-bond donors (Lipinski definition) is 1. The topological polar surface area (TPSA) is 53.1 Å². The molecule has 0 aliphatic heterocycles. The summed E-state index contributed by atoms with van der Waals surface area (Å²) in [6.45, 7) is 0.756. The van der Waals surface area contributed by atoms with Gasteiger partial charge in [-0.05, 0) is 17.7 Å². The molecule has 1 heterocycles. The first-order valence-corrected chi connectivity index (χ1v) is 5.77. The van der Waals surface area contributed by atoms with Gasteiger partial charge in [-0.15, -0.1) is 0 Å². The van der Waals surface area contributed by atoms with E-state index in [2.05, 4.69) is 4.98 Å². The van der Waals surface area contributed by atoms with Crippen LogP contribution in [0.3, 0.4) is 0 Å². The van der Waals surface area contributed by atoms with Gasteiger partial charge >= 0.3 is 0 Å². The summed E-state index contributed by atoms with van der Waals surface area (Å²) in [5.74, 6) is 1.11. The van der Waals surface area contributed by atoms with E-state index in [-0.39, 0.29) is 5.82 Å². The van der Waals surface area contributed by atoms with E-state index in [1.807, 2.05) is 17.8 Å². The van der Waals surface area contributed by atoms with E-state index in [4.69, 9.17) is 10.5 Å². The lowest BCUT2D eigenvalue weighted by Gasteiger charge is -2.08. The van der Waals surface area contributed by atoms with Crippen molar-refractivity contribution in [2.45, 2.75) is 13.0 Å². The minimum Gasteiger partial charge on any atom is -0.493 e. The van der Waals surface area contributed by atoms with E-state index < -0.39 is 0 Å². The number of imidazole rings is 1. The Labute approximate surface area is 105 Å². The van der Waals surface area contributed by atoms with Gasteiger partial charge in [-0.3, -0.25) is 0 Å². The van der Waals surface area contributed by atoms with Crippen LogP contribution >= 0.6 is 0 Å². The molecule has 0 unspecified atom stereocenters. The fourth-order valence-electron chi connectivity index (χ4n) is 1.72. The summed E-state index contributed by atoms with van der Waals surface area (Å²) in [4.78, 5) is 4.19. The molecule has 0 radical (unpaired) electrons. The van der Waals surface area contributed by atoms with Crippen molar-refractivity contribution >= 4 is 0 Å². The van der Waals surface area contributed by atoms with Gasteiger partial charge in [0.2, 0.25) is 0 Å². The summed E-state index contributed by atoms with van der Waals surface area (Å²) < 4.78 is 20.7. The van der Waals surface area contributed by atoms with Crippen LogP contribution in [0.25, 0.3) is 0 Å². The molecule has 0 bridgehead atoms. The highest BCUT2D eigenvalue weighted by atomic mass is 19.1. The predicted molar refractivity (Wildman–Crippen MR) is 66.7 cm³/mol. The third-order valence-electron chi connectivity index (χ3n) is 2.68. The number of ether oxygens (including phenoxy) is 1. The summed E-state index contributed by atoms with van der Waals surface area (Å²) in [7, 11) is 1.93. The molecule has 2 N–H and O–H groups in total. The minimum absolute atomic E-state index is 0.299. The minimum atomic E-state index is -0.329. The van der Waals surface area contributed by atoms with Crippen LogP contribution in [0.1, 0.15) is 11.4 Å². The Morgan fingerprint density at radius 3 is 2.89 bits per heavy atom. The standard InChI is InChI=1S/C13H16FN3O/c1-17-4-3-16-13(17)2-5-18-12-7-10(9-15)6-11(14)8-12/h3-4,6-8H,2,5,9,15H2,1H3. The Morgan fingerprint density at radius 2 is 2.22 bits per heavy atom. The van der Waals surface area contributed by atoms with Gasteiger partial charge in [0.05, 0.1) is 6.61 Å². The third-order valence-corrected chi connectivity index (χ3v) is 2.68. The molecule has 0 spiro atoms. The zero-order chi connectivity index (χ0) is 13.0. The van der Waals surface area contributed by atoms with Gasteiger partial charge in [0.25, 0.3) is 0 Å². The molecule has 18 heavy (non-hydrogen) atoms. The first kappa shape index (κ1) is 12.6. The second-order valence-corrected chi connectivity index (χ2v) is 4.05. The maximum atomic E-state index is 13.2. The van der Waals surface area contributed by atoms with E-state index in [1.54, 1.807) is 12.3 Å². The first-order valence-electron chi connectivity index (χ1n) is 5.77. The normalized spacial score (nSPS) is 10.6. The molecule has 5 heteroatoms. The van der Waals surface area contributed by atoms with Crippen molar-refractivity contribution in [3.63, 3.8) is 0 Å². The zero-order valence-electron chi connectivity index (χ0n) is 10.3. The molecule has 1 aromatic carbocycles. The average molecular weight is 249 g/mol. The molecule has 2 rings (SSSR count). The van der Waals surface area contributed by atoms with Crippen LogP contribution in [-0.2, 0) is 20.0 Å². The van der Waals surface area contributed by atoms with Crippen molar-refractivity contribution in [2.24, 2.45) is 12.8 Å². The summed E-state index contributed by atoms with van der Waals surface area (Å²) in [5, 5.41) is 0. The van der Waals surface area contributed by atoms with Crippen LogP contribution in [0.2, 0.25) is 0 Å². The van der Waals surface area contributed by atoms with E-state index in [1.165, 1.54) is 12.1 Å². The molecule has 0 saturated heterocycles. The molecule has 4 nitrogen and oxygen atoms in total. The average Bonchev–Trinajstić information content (AvgIpc) is 2.74. The van der Waals surface area contributed by atoms with Crippen LogP contribution in [0, 0.1) is 5.82 Å². The lowest BCUT2D eigenvalue weighted by molar-refractivity contribution is 0.315. The van der Waals surface area contributed by atoms with Crippen molar-refractivity contribution in [2.75, 3.05) is 6.61 Å². The van der Waals surface area contributed by atoms with Gasteiger partial charge in [0.1, 0.15) is 17.4 Å². The van der Waals surface area contributed by atoms with E-state index in [0.717, 1.165) is 11.4 Å². The fourth-order valence-corrected chi connectivity index (χ4v) is 1.72. The molecule has 0 saturated carbocycles. The number of aryl methyl sites for hydroxylation is 1. The number of benzene rings is 1. The summed E-state index contributed by atoms with van der Waals surface area (Å²) in [6, 6.07) is 4.52. The zero-order valence-corrected chi connectivity index (χ0v) is 10.3. The second-order valence-electron chi connectivity index (χ2n) is 4.05. The molecule has 0 aliphatic carbocycles. The first-order chi connectivity index (χ1) is 8.69. The Hall–Kier alpha value is -1.88. The van der Waals surface area contributed by atoms with Crippen molar-refractivity contribution in [1.29, 1.82) is 0 Å². The van der Waals surface area contributed by atoms with Crippen molar-refractivity contribution in [3.8, 4) is 5.75 Å². The highest BCUT2D eigenvalue weighted by Crippen LogP contribution is 2.16. The highest BCUT2D eigenvalue weighted by Gasteiger charge is 2.03. The van der Waals surface area contributed by atoms with Crippen LogP contribution in [0.15, 0.2) is 30.6 Å². The maximum absolute atomic E-state index is 13.2. The van der Waals surface area contributed by atoms with E-state index in [9.17, 15) is 4.39 Å². The Kier molecular flexibility index (Phi) is 3.94.